The first-order valence-corrected chi connectivity index (χ1v) is 7.39. The molecule has 0 aliphatic rings. The van der Waals surface area contributed by atoms with E-state index in [1.54, 1.807) is 0 Å². The molecule has 0 unspecified atom stereocenters. The fourth-order valence-electron chi connectivity index (χ4n) is 2.87. The van der Waals surface area contributed by atoms with Crippen LogP contribution in [-0.2, 0) is 0 Å². The van der Waals surface area contributed by atoms with Gasteiger partial charge in [-0.3, -0.25) is 0 Å². The lowest BCUT2D eigenvalue weighted by atomic mass is 9.89. The molecule has 0 saturated heterocycles. The summed E-state index contributed by atoms with van der Waals surface area (Å²) in [5.74, 6) is 0. The van der Waals surface area contributed by atoms with E-state index < -0.39 is 0 Å². The van der Waals surface area contributed by atoms with E-state index in [0.29, 0.717) is 0 Å². The van der Waals surface area contributed by atoms with Crippen molar-refractivity contribution in [3.8, 4) is 22.3 Å². The summed E-state index contributed by atoms with van der Waals surface area (Å²) >= 11 is 0. The molecule has 0 saturated carbocycles. The van der Waals surface area contributed by atoms with Crippen molar-refractivity contribution in [2.75, 3.05) is 0 Å². The van der Waals surface area contributed by atoms with Gasteiger partial charge in [-0.1, -0.05) is 72.3 Å². The van der Waals surface area contributed by atoms with Gasteiger partial charge in [0, 0.05) is 0 Å². The van der Waals surface area contributed by atoms with Crippen molar-refractivity contribution in [3.05, 3.63) is 83.4 Å². The van der Waals surface area contributed by atoms with Crippen LogP contribution in [0.4, 0.5) is 0 Å². The molecule has 0 bridgehead atoms. The molecule has 104 valence electrons. The van der Waals surface area contributed by atoms with Crippen LogP contribution in [-0.4, -0.2) is 0 Å². The van der Waals surface area contributed by atoms with Gasteiger partial charge in [0.25, 0.3) is 0 Å². The highest BCUT2D eigenvalue weighted by molar-refractivity contribution is 5.86. The standard InChI is InChI=1S/C21H20/c1-15-11-13-18(14-12-15)21-17(3)8-6-10-20(21)19-9-5-4-7-16(19)2/h4-14H,1-3H3. The highest BCUT2D eigenvalue weighted by Crippen LogP contribution is 2.36. The Hall–Kier alpha value is -2.34. The Morgan fingerprint density at radius 2 is 1.14 bits per heavy atom. The molecule has 0 spiro atoms. The van der Waals surface area contributed by atoms with Crippen LogP contribution < -0.4 is 0 Å². The van der Waals surface area contributed by atoms with Crippen molar-refractivity contribution in [1.29, 1.82) is 0 Å². The van der Waals surface area contributed by atoms with Gasteiger partial charge >= 0.3 is 0 Å². The van der Waals surface area contributed by atoms with Gasteiger partial charge in [0.1, 0.15) is 0 Å². The van der Waals surface area contributed by atoms with Crippen LogP contribution in [0.1, 0.15) is 16.7 Å². The first-order valence-electron chi connectivity index (χ1n) is 7.39. The summed E-state index contributed by atoms with van der Waals surface area (Å²) in [4.78, 5) is 0. The molecule has 0 aliphatic carbocycles. The summed E-state index contributed by atoms with van der Waals surface area (Å²) in [7, 11) is 0. The van der Waals surface area contributed by atoms with Gasteiger partial charge in [-0.25, -0.2) is 0 Å². The molecular weight excluding hydrogens is 252 g/mol. The normalized spacial score (nSPS) is 10.6. The minimum absolute atomic E-state index is 1.29. The summed E-state index contributed by atoms with van der Waals surface area (Å²) in [6, 6.07) is 24.0. The molecule has 3 aromatic carbocycles. The van der Waals surface area contributed by atoms with Crippen LogP contribution in [0.3, 0.4) is 0 Å². The summed E-state index contributed by atoms with van der Waals surface area (Å²) < 4.78 is 0. The van der Waals surface area contributed by atoms with Crippen molar-refractivity contribution in [3.63, 3.8) is 0 Å². The van der Waals surface area contributed by atoms with Crippen LogP contribution in [0.2, 0.25) is 0 Å². The van der Waals surface area contributed by atoms with E-state index in [4.69, 9.17) is 0 Å². The molecule has 0 atom stereocenters. The molecule has 3 rings (SSSR count). The average molecular weight is 272 g/mol. The fourth-order valence-corrected chi connectivity index (χ4v) is 2.87. The van der Waals surface area contributed by atoms with Crippen LogP contribution in [0.5, 0.6) is 0 Å². The zero-order valence-corrected chi connectivity index (χ0v) is 12.9. The van der Waals surface area contributed by atoms with E-state index in [2.05, 4.69) is 87.5 Å². The SMILES string of the molecule is Cc1ccc(-c2c(C)cccc2-c2ccccc2C)cc1. The van der Waals surface area contributed by atoms with Gasteiger partial charge in [-0.15, -0.1) is 0 Å². The lowest BCUT2D eigenvalue weighted by Gasteiger charge is -2.15. The van der Waals surface area contributed by atoms with Crippen LogP contribution in [0, 0.1) is 20.8 Å². The van der Waals surface area contributed by atoms with E-state index in [9.17, 15) is 0 Å². The number of aryl methyl sites for hydroxylation is 3. The van der Waals surface area contributed by atoms with E-state index in [1.807, 2.05) is 0 Å². The minimum Gasteiger partial charge on any atom is -0.0620 e. The fraction of sp³-hybridized carbons (Fsp3) is 0.143. The lowest BCUT2D eigenvalue weighted by molar-refractivity contribution is 1.41. The largest absolute Gasteiger partial charge is 0.0620 e. The predicted molar refractivity (Wildman–Crippen MR) is 91.5 cm³/mol. The van der Waals surface area contributed by atoms with Crippen LogP contribution in [0.15, 0.2) is 66.7 Å². The summed E-state index contributed by atoms with van der Waals surface area (Å²) in [6.45, 7) is 6.50. The molecule has 21 heavy (non-hydrogen) atoms. The maximum Gasteiger partial charge on any atom is -0.00760 e. The molecule has 0 fully saturated rings. The second-order valence-corrected chi connectivity index (χ2v) is 5.68. The topological polar surface area (TPSA) is 0 Å². The van der Waals surface area contributed by atoms with E-state index >= 15 is 0 Å². The van der Waals surface area contributed by atoms with Crippen molar-refractivity contribution in [2.24, 2.45) is 0 Å². The van der Waals surface area contributed by atoms with E-state index in [1.165, 1.54) is 38.9 Å². The third-order valence-electron chi connectivity index (χ3n) is 4.05. The molecule has 3 aromatic rings. The van der Waals surface area contributed by atoms with E-state index in [-0.39, 0.29) is 0 Å². The number of hydrogen-bond donors (Lipinski definition) is 0. The maximum absolute atomic E-state index is 2.23. The highest BCUT2D eigenvalue weighted by atomic mass is 14.1. The summed E-state index contributed by atoms with van der Waals surface area (Å²) in [5, 5.41) is 0. The van der Waals surface area contributed by atoms with E-state index in [0.717, 1.165) is 0 Å². The Morgan fingerprint density at radius 1 is 0.524 bits per heavy atom. The smallest absolute Gasteiger partial charge is 0.00760 e. The van der Waals surface area contributed by atoms with Crippen molar-refractivity contribution in [2.45, 2.75) is 20.8 Å². The minimum atomic E-state index is 1.29. The Balaban J connectivity index is 2.26. The molecule has 0 heterocycles. The maximum atomic E-state index is 2.23. The number of rotatable bonds is 2. The molecular formula is C21H20. The zero-order chi connectivity index (χ0) is 14.8. The Bertz CT molecular complexity index is 764. The summed E-state index contributed by atoms with van der Waals surface area (Å²) in [5.41, 5.74) is 9.19. The van der Waals surface area contributed by atoms with Gasteiger partial charge in [-0.2, -0.15) is 0 Å². The lowest BCUT2D eigenvalue weighted by Crippen LogP contribution is -1.91. The molecule has 0 aromatic heterocycles. The third kappa shape index (κ3) is 2.62. The molecule has 0 nitrogen and oxygen atoms in total. The molecule has 0 aliphatic heterocycles. The first kappa shape index (κ1) is 13.6. The predicted octanol–water partition coefficient (Wildman–Crippen LogP) is 5.95. The summed E-state index contributed by atoms with van der Waals surface area (Å²) in [6.07, 6.45) is 0. The van der Waals surface area contributed by atoms with Gasteiger partial charge in [-0.05, 0) is 54.2 Å². The van der Waals surface area contributed by atoms with Gasteiger partial charge in [0.15, 0.2) is 0 Å². The molecule has 0 amide bonds. The first-order chi connectivity index (χ1) is 10.2. The Kier molecular flexibility index (Phi) is 3.62. The quantitative estimate of drug-likeness (QED) is 0.541. The van der Waals surface area contributed by atoms with Gasteiger partial charge in [0.2, 0.25) is 0 Å². The van der Waals surface area contributed by atoms with Crippen LogP contribution in [0.25, 0.3) is 22.3 Å². The molecule has 0 heteroatoms. The second-order valence-electron chi connectivity index (χ2n) is 5.68. The van der Waals surface area contributed by atoms with Crippen molar-refractivity contribution < 1.29 is 0 Å². The van der Waals surface area contributed by atoms with Crippen molar-refractivity contribution in [1.82, 2.24) is 0 Å². The van der Waals surface area contributed by atoms with Gasteiger partial charge < -0.3 is 0 Å². The third-order valence-corrected chi connectivity index (χ3v) is 4.05. The monoisotopic (exact) mass is 272 g/mol. The molecule has 0 radical (unpaired) electrons. The highest BCUT2D eigenvalue weighted by Gasteiger charge is 2.11. The number of hydrogen-bond acceptors (Lipinski definition) is 0. The zero-order valence-electron chi connectivity index (χ0n) is 12.9. The van der Waals surface area contributed by atoms with Crippen molar-refractivity contribution >= 4 is 0 Å². The average Bonchev–Trinajstić information content (AvgIpc) is 2.49. The Labute approximate surface area is 127 Å². The van der Waals surface area contributed by atoms with Gasteiger partial charge in [0.05, 0.1) is 0 Å². The molecule has 0 N–H and O–H groups in total. The number of benzene rings is 3. The second kappa shape index (κ2) is 5.57. The van der Waals surface area contributed by atoms with Crippen LogP contribution >= 0.6 is 0 Å². The Morgan fingerprint density at radius 3 is 1.86 bits per heavy atom.